The van der Waals surface area contributed by atoms with Gasteiger partial charge in [0.25, 0.3) is 0 Å². The predicted molar refractivity (Wildman–Crippen MR) is 72.6 cm³/mol. The lowest BCUT2D eigenvalue weighted by Crippen LogP contribution is -1.98. The quantitative estimate of drug-likeness (QED) is 0.817. The number of methoxy groups -OCH3 is 1. The summed E-state index contributed by atoms with van der Waals surface area (Å²) >= 11 is 0. The number of phenolic OH excluding ortho intramolecular Hbond substituents is 1. The van der Waals surface area contributed by atoms with Crippen LogP contribution in [0, 0.1) is 0 Å². The fraction of sp³-hybridized carbons (Fsp3) is 0.333. The summed E-state index contributed by atoms with van der Waals surface area (Å²) in [4.78, 5) is 0. The fourth-order valence-electron chi connectivity index (χ4n) is 1.90. The van der Waals surface area contributed by atoms with Gasteiger partial charge in [0.05, 0.1) is 13.7 Å². The molecule has 2 aromatic rings. The molecule has 0 saturated carbocycles. The van der Waals surface area contributed by atoms with Gasteiger partial charge in [0.15, 0.2) is 11.5 Å². The molecule has 2 aromatic carbocycles. The van der Waals surface area contributed by atoms with E-state index < -0.39 is 0 Å². The van der Waals surface area contributed by atoms with Crippen LogP contribution in [0.3, 0.4) is 0 Å². The largest absolute Gasteiger partial charge is 0.504 e. The smallest absolute Gasteiger partial charge is 0.165 e. The fourth-order valence-corrected chi connectivity index (χ4v) is 1.90. The van der Waals surface area contributed by atoms with Crippen LogP contribution in [0.4, 0.5) is 0 Å². The van der Waals surface area contributed by atoms with Gasteiger partial charge in [0, 0.05) is 16.8 Å². The van der Waals surface area contributed by atoms with Gasteiger partial charge in [-0.1, -0.05) is 37.6 Å². The Balaban J connectivity index is 2.47. The van der Waals surface area contributed by atoms with Gasteiger partial charge in [-0.2, -0.15) is 0 Å². The molecule has 18 heavy (non-hydrogen) atoms. The maximum Gasteiger partial charge on any atom is 0.165 e. The molecule has 0 aliphatic rings. The highest BCUT2D eigenvalue weighted by molar-refractivity contribution is 5.95. The molecule has 0 amide bonds. The topological polar surface area (TPSA) is 38.7 Å². The van der Waals surface area contributed by atoms with Crippen LogP contribution in [0.5, 0.6) is 17.2 Å². The number of hydrogen-bond donors (Lipinski definition) is 1. The van der Waals surface area contributed by atoms with Crippen molar-refractivity contribution in [2.75, 3.05) is 13.7 Å². The molecule has 0 aliphatic heterocycles. The van der Waals surface area contributed by atoms with Crippen LogP contribution in [0.2, 0.25) is 0 Å². The van der Waals surface area contributed by atoms with Gasteiger partial charge in [-0.25, -0.2) is 0 Å². The first-order chi connectivity index (χ1) is 8.77. The second kappa shape index (κ2) is 5.63. The lowest BCUT2D eigenvalue weighted by Gasteiger charge is -2.13. The number of unbranched alkanes of at least 4 members (excludes halogenated alkanes) is 1. The molecule has 3 heteroatoms. The lowest BCUT2D eigenvalue weighted by molar-refractivity contribution is 0.309. The highest BCUT2D eigenvalue weighted by atomic mass is 16.5. The Morgan fingerprint density at radius 2 is 1.83 bits per heavy atom. The van der Waals surface area contributed by atoms with E-state index in [1.54, 1.807) is 13.2 Å². The zero-order valence-electron chi connectivity index (χ0n) is 10.8. The number of ether oxygens (including phenoxy) is 2. The molecule has 3 nitrogen and oxygen atoms in total. The van der Waals surface area contributed by atoms with Crippen LogP contribution in [0.15, 0.2) is 30.3 Å². The SMILES string of the molecule is CCCCOc1cc(OC)c(O)c2ccccc12. The maximum atomic E-state index is 10.1. The van der Waals surface area contributed by atoms with Crippen molar-refractivity contribution in [1.29, 1.82) is 0 Å². The molecule has 2 rings (SSSR count). The predicted octanol–water partition coefficient (Wildman–Crippen LogP) is 3.73. The Bertz CT molecular complexity index is 534. The van der Waals surface area contributed by atoms with Crippen molar-refractivity contribution in [2.45, 2.75) is 19.8 Å². The number of benzene rings is 2. The third-order valence-electron chi connectivity index (χ3n) is 2.92. The lowest BCUT2D eigenvalue weighted by atomic mass is 10.1. The summed E-state index contributed by atoms with van der Waals surface area (Å²) in [6.45, 7) is 2.80. The average Bonchev–Trinajstić information content (AvgIpc) is 2.42. The van der Waals surface area contributed by atoms with Gasteiger partial charge < -0.3 is 14.6 Å². The first-order valence-corrected chi connectivity index (χ1v) is 6.19. The van der Waals surface area contributed by atoms with Crippen LogP contribution >= 0.6 is 0 Å². The van der Waals surface area contributed by atoms with Crippen molar-refractivity contribution in [3.63, 3.8) is 0 Å². The molecule has 0 heterocycles. The van der Waals surface area contributed by atoms with Crippen LogP contribution in [0.25, 0.3) is 10.8 Å². The molecule has 0 saturated heterocycles. The first kappa shape index (κ1) is 12.6. The molecule has 0 aliphatic carbocycles. The molecule has 0 radical (unpaired) electrons. The minimum Gasteiger partial charge on any atom is -0.504 e. The van der Waals surface area contributed by atoms with Gasteiger partial charge >= 0.3 is 0 Å². The number of aromatic hydroxyl groups is 1. The molecule has 0 bridgehead atoms. The van der Waals surface area contributed by atoms with E-state index in [0.717, 1.165) is 29.4 Å². The van der Waals surface area contributed by atoms with E-state index in [1.165, 1.54) is 0 Å². The molecule has 1 N–H and O–H groups in total. The molecule has 0 atom stereocenters. The van der Waals surface area contributed by atoms with Crippen molar-refractivity contribution in [2.24, 2.45) is 0 Å². The highest BCUT2D eigenvalue weighted by Crippen LogP contribution is 2.40. The molecule has 0 fully saturated rings. The summed E-state index contributed by atoms with van der Waals surface area (Å²) in [6, 6.07) is 9.36. The zero-order chi connectivity index (χ0) is 13.0. The van der Waals surface area contributed by atoms with Gasteiger partial charge in [-0.15, -0.1) is 0 Å². The second-order valence-corrected chi connectivity index (χ2v) is 4.17. The standard InChI is InChI=1S/C15H18O3/c1-3-4-9-18-13-10-14(17-2)15(16)12-8-6-5-7-11(12)13/h5-8,10,16H,3-4,9H2,1-2H3. The van der Waals surface area contributed by atoms with Crippen LogP contribution in [-0.4, -0.2) is 18.8 Å². The third-order valence-corrected chi connectivity index (χ3v) is 2.92. The van der Waals surface area contributed by atoms with Crippen molar-refractivity contribution < 1.29 is 14.6 Å². The van der Waals surface area contributed by atoms with E-state index in [-0.39, 0.29) is 5.75 Å². The molecule has 0 spiro atoms. The van der Waals surface area contributed by atoms with E-state index in [9.17, 15) is 5.11 Å². The van der Waals surface area contributed by atoms with Crippen molar-refractivity contribution in [3.8, 4) is 17.2 Å². The summed E-state index contributed by atoms with van der Waals surface area (Å²) < 4.78 is 10.9. The molecular weight excluding hydrogens is 228 g/mol. The summed E-state index contributed by atoms with van der Waals surface area (Å²) in [7, 11) is 1.54. The van der Waals surface area contributed by atoms with Gasteiger partial charge in [-0.3, -0.25) is 0 Å². The Kier molecular flexibility index (Phi) is 3.92. The minimum atomic E-state index is 0.163. The Labute approximate surface area is 107 Å². The number of hydrogen-bond acceptors (Lipinski definition) is 3. The molecule has 96 valence electrons. The van der Waals surface area contributed by atoms with Gasteiger partial charge in [0.2, 0.25) is 0 Å². The zero-order valence-corrected chi connectivity index (χ0v) is 10.8. The number of fused-ring (bicyclic) bond motifs is 1. The third kappa shape index (κ3) is 2.35. The summed E-state index contributed by atoms with van der Waals surface area (Å²) in [5.41, 5.74) is 0. The van der Waals surface area contributed by atoms with Crippen molar-refractivity contribution in [1.82, 2.24) is 0 Å². The molecule has 0 unspecified atom stereocenters. The average molecular weight is 246 g/mol. The molecular formula is C15H18O3. The van der Waals surface area contributed by atoms with Crippen molar-refractivity contribution >= 4 is 10.8 Å². The Morgan fingerprint density at radius 3 is 2.50 bits per heavy atom. The maximum absolute atomic E-state index is 10.1. The summed E-state index contributed by atoms with van der Waals surface area (Å²) in [6.07, 6.45) is 2.10. The van der Waals surface area contributed by atoms with E-state index in [2.05, 4.69) is 6.92 Å². The Morgan fingerprint density at radius 1 is 1.11 bits per heavy atom. The summed E-state index contributed by atoms with van der Waals surface area (Å²) in [5.74, 6) is 1.37. The van der Waals surface area contributed by atoms with E-state index in [1.807, 2.05) is 24.3 Å². The van der Waals surface area contributed by atoms with Crippen LogP contribution < -0.4 is 9.47 Å². The first-order valence-electron chi connectivity index (χ1n) is 6.19. The van der Waals surface area contributed by atoms with Gasteiger partial charge in [0.1, 0.15) is 5.75 Å². The van der Waals surface area contributed by atoms with Gasteiger partial charge in [-0.05, 0) is 6.42 Å². The van der Waals surface area contributed by atoms with E-state index >= 15 is 0 Å². The Hall–Kier alpha value is -1.90. The summed E-state index contributed by atoms with van der Waals surface area (Å²) in [5, 5.41) is 11.7. The van der Waals surface area contributed by atoms with E-state index in [4.69, 9.17) is 9.47 Å². The monoisotopic (exact) mass is 246 g/mol. The number of phenols is 1. The molecule has 0 aromatic heterocycles. The minimum absolute atomic E-state index is 0.163. The number of rotatable bonds is 5. The van der Waals surface area contributed by atoms with Crippen LogP contribution in [-0.2, 0) is 0 Å². The normalized spacial score (nSPS) is 10.6. The highest BCUT2D eigenvalue weighted by Gasteiger charge is 2.12. The second-order valence-electron chi connectivity index (χ2n) is 4.17. The van der Waals surface area contributed by atoms with E-state index in [0.29, 0.717) is 12.4 Å². The van der Waals surface area contributed by atoms with Crippen LogP contribution in [0.1, 0.15) is 19.8 Å². The van der Waals surface area contributed by atoms with Crippen molar-refractivity contribution in [3.05, 3.63) is 30.3 Å².